The number of rotatable bonds is 15. The fourth-order valence-corrected chi connectivity index (χ4v) is 7.69. The minimum absolute atomic E-state index is 0.0234. The van der Waals surface area contributed by atoms with Crippen molar-refractivity contribution >= 4 is 28.2 Å². The summed E-state index contributed by atoms with van der Waals surface area (Å²) in [5, 5.41) is 26.6. The molecule has 264 valence electrons. The first-order chi connectivity index (χ1) is 23.2. The number of aliphatic hydroxyl groups is 1. The number of carbonyl (C=O) groups is 2. The maximum atomic E-state index is 14.3. The number of urea groups is 1. The van der Waals surface area contributed by atoms with Gasteiger partial charge in [-0.3, -0.25) is 9.78 Å². The maximum Gasteiger partial charge on any atom is 0.321 e. The van der Waals surface area contributed by atoms with Crippen LogP contribution in [-0.4, -0.2) is 100 Å². The molecule has 3 atom stereocenters. The molecule has 3 N–H and O–H groups in total. The lowest BCUT2D eigenvalue weighted by atomic mass is 9.84. The quantitative estimate of drug-likeness (QED) is 0.124. The molecule has 1 aromatic heterocycles. The van der Waals surface area contributed by atoms with Gasteiger partial charge in [-0.1, -0.05) is 88.3 Å². The second kappa shape index (κ2) is 16.4. The molecule has 1 aliphatic heterocycles. The van der Waals surface area contributed by atoms with Crippen LogP contribution in [0.5, 0.6) is 0 Å². The molecule has 0 bridgehead atoms. The van der Waals surface area contributed by atoms with Gasteiger partial charge >= 0.3 is 6.03 Å². The van der Waals surface area contributed by atoms with Crippen molar-refractivity contribution in [3.8, 4) is 0 Å². The summed E-state index contributed by atoms with van der Waals surface area (Å²) in [6, 6.07) is 17.0. The first kappa shape index (κ1) is 37.5. The van der Waals surface area contributed by atoms with Crippen molar-refractivity contribution in [2.24, 2.45) is 16.5 Å². The molecule has 0 unspecified atom stereocenters. The topological polar surface area (TPSA) is 156 Å². The summed E-state index contributed by atoms with van der Waals surface area (Å²) in [6.45, 7) is 10.5. The van der Waals surface area contributed by atoms with Gasteiger partial charge in [0.15, 0.2) is 0 Å². The lowest BCUT2D eigenvalue weighted by molar-refractivity contribution is -0.130. The van der Waals surface area contributed by atoms with E-state index >= 15 is 0 Å². The van der Waals surface area contributed by atoms with Gasteiger partial charge in [0.2, 0.25) is 15.9 Å². The molecule has 0 spiro atoms. The SMILES string of the molecule is CC(C)CN(C[C@@H](O)[C@H](Cc1ccccc1)NC(=O)[C@@H](N1CCN(Cc2cccnc2)C1=O)C(C)(C)C)S(=O)(=O)c1ccc(C=NO)cc1. The van der Waals surface area contributed by atoms with Crippen LogP contribution in [0.3, 0.4) is 0 Å². The Labute approximate surface area is 289 Å². The van der Waals surface area contributed by atoms with Crippen LogP contribution in [0.15, 0.2) is 89.2 Å². The summed E-state index contributed by atoms with van der Waals surface area (Å²) in [6.07, 6.45) is 3.52. The van der Waals surface area contributed by atoms with E-state index in [-0.39, 0.29) is 36.4 Å². The Bertz CT molecular complexity index is 1660. The van der Waals surface area contributed by atoms with E-state index in [4.69, 9.17) is 5.21 Å². The van der Waals surface area contributed by atoms with E-state index < -0.39 is 39.5 Å². The molecule has 2 aromatic carbocycles. The summed E-state index contributed by atoms with van der Waals surface area (Å²) in [7, 11) is -4.06. The zero-order chi connectivity index (χ0) is 35.8. The Morgan fingerprint density at radius 1 is 1.02 bits per heavy atom. The average Bonchev–Trinajstić information content (AvgIpc) is 3.39. The highest BCUT2D eigenvalue weighted by Crippen LogP contribution is 2.29. The van der Waals surface area contributed by atoms with E-state index in [1.165, 1.54) is 34.8 Å². The number of pyridine rings is 1. The van der Waals surface area contributed by atoms with Crippen molar-refractivity contribution in [2.75, 3.05) is 26.2 Å². The Kier molecular flexibility index (Phi) is 12.5. The zero-order valence-electron chi connectivity index (χ0n) is 28.8. The molecule has 12 nitrogen and oxygen atoms in total. The molecule has 2 heterocycles. The predicted octanol–water partition coefficient (Wildman–Crippen LogP) is 3.98. The third kappa shape index (κ3) is 9.87. The molecule has 3 aromatic rings. The van der Waals surface area contributed by atoms with Crippen LogP contribution in [0.25, 0.3) is 0 Å². The van der Waals surface area contributed by atoms with Crippen LogP contribution < -0.4 is 5.32 Å². The molecule has 0 saturated carbocycles. The molecule has 4 rings (SSSR count). The zero-order valence-corrected chi connectivity index (χ0v) is 29.6. The van der Waals surface area contributed by atoms with Gasteiger partial charge in [-0.25, -0.2) is 13.2 Å². The maximum absolute atomic E-state index is 14.3. The highest BCUT2D eigenvalue weighted by molar-refractivity contribution is 7.89. The van der Waals surface area contributed by atoms with Crippen molar-refractivity contribution in [3.05, 3.63) is 95.8 Å². The predicted molar refractivity (Wildman–Crippen MR) is 187 cm³/mol. The van der Waals surface area contributed by atoms with Gasteiger partial charge in [-0.15, -0.1) is 0 Å². The van der Waals surface area contributed by atoms with Crippen molar-refractivity contribution in [1.82, 2.24) is 24.4 Å². The van der Waals surface area contributed by atoms with Crippen LogP contribution >= 0.6 is 0 Å². The van der Waals surface area contributed by atoms with Crippen LogP contribution in [0.4, 0.5) is 4.79 Å². The van der Waals surface area contributed by atoms with E-state index in [1.807, 2.05) is 77.1 Å². The lowest BCUT2D eigenvalue weighted by Gasteiger charge is -2.38. The van der Waals surface area contributed by atoms with Gasteiger partial charge in [0.1, 0.15) is 6.04 Å². The normalized spacial score (nSPS) is 16.0. The number of nitrogens with zero attached hydrogens (tertiary/aromatic N) is 5. The monoisotopic (exact) mass is 692 g/mol. The minimum atomic E-state index is -4.06. The van der Waals surface area contributed by atoms with Gasteiger partial charge < -0.3 is 25.4 Å². The molecular weight excluding hydrogens is 644 g/mol. The van der Waals surface area contributed by atoms with Crippen LogP contribution in [-0.2, 0) is 27.8 Å². The van der Waals surface area contributed by atoms with E-state index in [9.17, 15) is 23.1 Å². The molecule has 13 heteroatoms. The molecule has 0 aliphatic carbocycles. The summed E-state index contributed by atoms with van der Waals surface area (Å²) in [5.41, 5.74) is 1.59. The van der Waals surface area contributed by atoms with Crippen molar-refractivity contribution in [1.29, 1.82) is 0 Å². The molecule has 1 fully saturated rings. The highest BCUT2D eigenvalue weighted by Gasteiger charge is 2.44. The van der Waals surface area contributed by atoms with Crippen molar-refractivity contribution in [2.45, 2.75) is 70.7 Å². The van der Waals surface area contributed by atoms with Crippen LogP contribution in [0, 0.1) is 11.3 Å². The lowest BCUT2D eigenvalue weighted by Crippen LogP contribution is -2.59. The average molecular weight is 693 g/mol. The third-order valence-corrected chi connectivity index (χ3v) is 10.2. The van der Waals surface area contributed by atoms with Gasteiger partial charge in [0, 0.05) is 45.1 Å². The standard InChI is InChI=1S/C36H48N6O6S/c1-26(2)23-41(49(47,48)30-15-13-28(14-16-30)22-38-46)25-32(43)31(20-27-10-7-6-8-11-27)39-34(44)33(36(3,4)5)42-19-18-40(35(42)45)24-29-12-9-17-37-21-29/h6-17,21-22,26,31-33,43,46H,18-20,23-25H2,1-5H3,(H,39,44)/t31-,32+,33+/m0/s1. The minimum Gasteiger partial charge on any atom is -0.411 e. The van der Waals surface area contributed by atoms with Gasteiger partial charge in [-0.05, 0) is 52.6 Å². The smallest absolute Gasteiger partial charge is 0.321 e. The summed E-state index contributed by atoms with van der Waals surface area (Å²) in [5.74, 6) is -0.491. The number of carbonyl (C=O) groups excluding carboxylic acids is 2. The molecule has 0 radical (unpaired) electrons. The molecule has 1 aliphatic rings. The van der Waals surface area contributed by atoms with E-state index in [0.717, 1.165) is 11.1 Å². The van der Waals surface area contributed by atoms with Gasteiger partial charge in [0.25, 0.3) is 0 Å². The Morgan fingerprint density at radius 3 is 2.29 bits per heavy atom. The number of amides is 3. The number of hydrogen-bond donors (Lipinski definition) is 3. The molecule has 49 heavy (non-hydrogen) atoms. The highest BCUT2D eigenvalue weighted by atomic mass is 32.2. The number of sulfonamides is 1. The molecule has 1 saturated heterocycles. The fourth-order valence-electron chi connectivity index (χ4n) is 6.07. The van der Waals surface area contributed by atoms with E-state index in [1.54, 1.807) is 22.2 Å². The van der Waals surface area contributed by atoms with E-state index in [0.29, 0.717) is 25.2 Å². The second-order valence-corrected chi connectivity index (χ2v) is 15.9. The summed E-state index contributed by atoms with van der Waals surface area (Å²) >= 11 is 0. The van der Waals surface area contributed by atoms with Crippen LogP contribution in [0.2, 0.25) is 0 Å². The Morgan fingerprint density at radius 2 is 1.69 bits per heavy atom. The molecular formula is C36H48N6O6S. The first-order valence-electron chi connectivity index (χ1n) is 16.4. The first-order valence-corrected chi connectivity index (χ1v) is 17.9. The molecule has 3 amide bonds. The van der Waals surface area contributed by atoms with Crippen LogP contribution in [0.1, 0.15) is 51.3 Å². The second-order valence-electron chi connectivity index (χ2n) is 13.9. The van der Waals surface area contributed by atoms with Crippen molar-refractivity contribution < 1.29 is 28.3 Å². The summed E-state index contributed by atoms with van der Waals surface area (Å²) < 4.78 is 29.0. The summed E-state index contributed by atoms with van der Waals surface area (Å²) in [4.78, 5) is 35.4. The number of aromatic nitrogens is 1. The number of aliphatic hydroxyl groups excluding tert-OH is 1. The van der Waals surface area contributed by atoms with Gasteiger partial charge in [-0.2, -0.15) is 4.31 Å². The Hall–Kier alpha value is -4.33. The number of nitrogens with one attached hydrogen (secondary N) is 1. The van der Waals surface area contributed by atoms with Gasteiger partial charge in [0.05, 0.1) is 23.3 Å². The van der Waals surface area contributed by atoms with E-state index in [2.05, 4.69) is 15.5 Å². The number of oxime groups is 1. The van der Waals surface area contributed by atoms with Crippen molar-refractivity contribution in [3.63, 3.8) is 0 Å². The Balaban J connectivity index is 1.60. The fraction of sp³-hybridized carbons (Fsp3) is 0.444. The largest absolute Gasteiger partial charge is 0.411 e. The third-order valence-electron chi connectivity index (χ3n) is 8.38. The number of hydrogen-bond acceptors (Lipinski definition) is 8. The number of benzene rings is 2.